The fourth-order valence-corrected chi connectivity index (χ4v) is 2.50. The van der Waals surface area contributed by atoms with Crippen LogP contribution in [0.1, 0.15) is 41.0 Å². The summed E-state index contributed by atoms with van der Waals surface area (Å²) in [4.78, 5) is 2.37. The third kappa shape index (κ3) is 8.09. The van der Waals surface area contributed by atoms with Crippen LogP contribution >= 0.6 is 24.0 Å². The van der Waals surface area contributed by atoms with Gasteiger partial charge in [-0.1, -0.05) is 58.6 Å². The van der Waals surface area contributed by atoms with Gasteiger partial charge in [-0.2, -0.15) is 0 Å². The van der Waals surface area contributed by atoms with Crippen molar-refractivity contribution in [2.75, 3.05) is 18.8 Å². The quantitative estimate of drug-likeness (QED) is 0.653. The van der Waals surface area contributed by atoms with Crippen molar-refractivity contribution in [2.24, 2.45) is 11.8 Å². The number of hydrogen-bond acceptors (Lipinski definition) is 2. The third-order valence-corrected chi connectivity index (χ3v) is 3.59. The summed E-state index contributed by atoms with van der Waals surface area (Å²) in [5.41, 5.74) is 0. The zero-order valence-electron chi connectivity index (χ0n) is 10.7. The maximum Gasteiger partial charge on any atom is 0.136 e. The molecular formula is C12H25NS2. The van der Waals surface area contributed by atoms with E-state index in [9.17, 15) is 0 Å². The highest BCUT2D eigenvalue weighted by Crippen LogP contribution is 2.14. The second kappa shape index (κ2) is 8.40. The lowest BCUT2D eigenvalue weighted by Gasteiger charge is -2.28. The SMILES string of the molecule is CCCSC(=S)N(CC(C)C)CC(C)C. The van der Waals surface area contributed by atoms with Gasteiger partial charge in [0.1, 0.15) is 4.32 Å². The van der Waals surface area contributed by atoms with Gasteiger partial charge < -0.3 is 4.90 Å². The normalized spacial score (nSPS) is 11.1. The summed E-state index contributed by atoms with van der Waals surface area (Å²) >= 11 is 7.29. The summed E-state index contributed by atoms with van der Waals surface area (Å²) in [5.74, 6) is 2.51. The molecule has 15 heavy (non-hydrogen) atoms. The molecule has 0 amide bonds. The van der Waals surface area contributed by atoms with Gasteiger partial charge in [-0.3, -0.25) is 0 Å². The lowest BCUT2D eigenvalue weighted by atomic mass is 10.1. The molecule has 0 aliphatic carbocycles. The number of hydrogen-bond donors (Lipinski definition) is 0. The van der Waals surface area contributed by atoms with E-state index in [1.54, 1.807) is 0 Å². The summed E-state index contributed by atoms with van der Waals surface area (Å²) in [7, 11) is 0. The fourth-order valence-electron chi connectivity index (χ4n) is 1.39. The Labute approximate surface area is 105 Å². The standard InChI is InChI=1S/C12H25NS2/c1-6-7-15-12(14)13(8-10(2)3)9-11(4)5/h10-11H,6-9H2,1-5H3. The van der Waals surface area contributed by atoms with Gasteiger partial charge >= 0.3 is 0 Å². The van der Waals surface area contributed by atoms with Crippen LogP contribution in [0, 0.1) is 11.8 Å². The molecule has 3 heteroatoms. The number of thiocarbonyl (C=S) groups is 1. The predicted octanol–water partition coefficient (Wildman–Crippen LogP) is 4.03. The molecule has 0 N–H and O–H groups in total. The minimum absolute atomic E-state index is 0.684. The average Bonchev–Trinajstić information content (AvgIpc) is 2.11. The predicted molar refractivity (Wildman–Crippen MR) is 76.6 cm³/mol. The summed E-state index contributed by atoms with van der Waals surface area (Å²) in [6.45, 7) is 13.4. The van der Waals surface area contributed by atoms with E-state index in [-0.39, 0.29) is 0 Å². The van der Waals surface area contributed by atoms with Crippen molar-refractivity contribution in [1.82, 2.24) is 4.90 Å². The average molecular weight is 247 g/mol. The maximum absolute atomic E-state index is 5.47. The molecule has 0 radical (unpaired) electrons. The Bertz CT molecular complexity index is 168. The molecule has 0 atom stereocenters. The van der Waals surface area contributed by atoms with Crippen molar-refractivity contribution in [3.05, 3.63) is 0 Å². The Balaban J connectivity index is 4.14. The molecule has 0 rings (SSSR count). The fraction of sp³-hybridized carbons (Fsp3) is 0.917. The van der Waals surface area contributed by atoms with Gasteiger partial charge in [-0.15, -0.1) is 0 Å². The highest BCUT2D eigenvalue weighted by molar-refractivity contribution is 8.22. The molecule has 0 heterocycles. The minimum atomic E-state index is 0.684. The lowest BCUT2D eigenvalue weighted by molar-refractivity contribution is 0.337. The van der Waals surface area contributed by atoms with Gasteiger partial charge in [0, 0.05) is 13.1 Å². The molecule has 90 valence electrons. The zero-order valence-corrected chi connectivity index (χ0v) is 12.4. The number of thioether (sulfide) groups is 1. The van der Waals surface area contributed by atoms with Crippen LogP contribution in [0.2, 0.25) is 0 Å². The highest BCUT2D eigenvalue weighted by Gasteiger charge is 2.12. The van der Waals surface area contributed by atoms with E-state index in [1.165, 1.54) is 6.42 Å². The monoisotopic (exact) mass is 247 g/mol. The Hall–Kier alpha value is 0.240. The van der Waals surface area contributed by atoms with Crippen molar-refractivity contribution in [2.45, 2.75) is 41.0 Å². The van der Waals surface area contributed by atoms with Crippen LogP contribution in [0.3, 0.4) is 0 Å². The highest BCUT2D eigenvalue weighted by atomic mass is 32.2. The van der Waals surface area contributed by atoms with Gasteiger partial charge in [-0.05, 0) is 24.0 Å². The second-order valence-electron chi connectivity index (χ2n) is 4.81. The first-order chi connectivity index (χ1) is 6.97. The van der Waals surface area contributed by atoms with Crippen molar-refractivity contribution < 1.29 is 0 Å². The maximum atomic E-state index is 5.47. The summed E-state index contributed by atoms with van der Waals surface area (Å²) in [6.07, 6.45) is 1.20. The molecule has 0 aromatic heterocycles. The van der Waals surface area contributed by atoms with Crippen molar-refractivity contribution in [3.8, 4) is 0 Å². The Morgan fingerprint density at radius 3 is 1.93 bits per heavy atom. The zero-order chi connectivity index (χ0) is 11.8. The molecule has 0 saturated carbocycles. The Kier molecular flexibility index (Phi) is 8.53. The van der Waals surface area contributed by atoms with Crippen LogP contribution in [-0.2, 0) is 0 Å². The van der Waals surface area contributed by atoms with Gasteiger partial charge in [-0.25, -0.2) is 0 Å². The molecule has 0 bridgehead atoms. The molecule has 0 saturated heterocycles. The summed E-state index contributed by atoms with van der Waals surface area (Å²) < 4.78 is 1.08. The van der Waals surface area contributed by atoms with Crippen molar-refractivity contribution in [3.63, 3.8) is 0 Å². The summed E-state index contributed by atoms with van der Waals surface area (Å²) in [5, 5.41) is 0. The number of rotatable bonds is 6. The van der Waals surface area contributed by atoms with Gasteiger partial charge in [0.25, 0.3) is 0 Å². The van der Waals surface area contributed by atoms with E-state index in [1.807, 2.05) is 11.8 Å². The van der Waals surface area contributed by atoms with E-state index < -0.39 is 0 Å². The lowest BCUT2D eigenvalue weighted by Crippen LogP contribution is -2.34. The smallest absolute Gasteiger partial charge is 0.136 e. The van der Waals surface area contributed by atoms with E-state index in [0.29, 0.717) is 11.8 Å². The van der Waals surface area contributed by atoms with Crippen LogP contribution in [0.25, 0.3) is 0 Å². The van der Waals surface area contributed by atoms with Crippen LogP contribution in [0.5, 0.6) is 0 Å². The summed E-state index contributed by atoms with van der Waals surface area (Å²) in [6, 6.07) is 0. The molecule has 0 aliphatic heterocycles. The molecule has 0 spiro atoms. The molecule has 0 aromatic rings. The Morgan fingerprint density at radius 1 is 1.13 bits per heavy atom. The minimum Gasteiger partial charge on any atom is -0.357 e. The van der Waals surface area contributed by atoms with Gasteiger partial charge in [0.15, 0.2) is 0 Å². The molecular weight excluding hydrogens is 222 g/mol. The first kappa shape index (κ1) is 15.2. The molecule has 0 aromatic carbocycles. The van der Waals surface area contributed by atoms with Crippen molar-refractivity contribution >= 4 is 28.3 Å². The van der Waals surface area contributed by atoms with Crippen molar-refractivity contribution in [1.29, 1.82) is 0 Å². The molecule has 0 unspecified atom stereocenters. The van der Waals surface area contributed by atoms with Crippen LogP contribution in [-0.4, -0.2) is 28.1 Å². The number of nitrogens with zero attached hydrogens (tertiary/aromatic N) is 1. The van der Waals surface area contributed by atoms with E-state index in [2.05, 4.69) is 39.5 Å². The first-order valence-corrected chi connectivity index (χ1v) is 7.28. The first-order valence-electron chi connectivity index (χ1n) is 5.89. The van der Waals surface area contributed by atoms with E-state index >= 15 is 0 Å². The van der Waals surface area contributed by atoms with Crippen LogP contribution in [0.15, 0.2) is 0 Å². The van der Waals surface area contributed by atoms with Crippen LogP contribution < -0.4 is 0 Å². The van der Waals surface area contributed by atoms with E-state index in [4.69, 9.17) is 12.2 Å². The second-order valence-corrected chi connectivity index (χ2v) is 6.54. The topological polar surface area (TPSA) is 3.24 Å². The molecule has 1 nitrogen and oxygen atoms in total. The molecule has 0 aliphatic rings. The van der Waals surface area contributed by atoms with Gasteiger partial charge in [0.2, 0.25) is 0 Å². The third-order valence-electron chi connectivity index (χ3n) is 1.86. The largest absolute Gasteiger partial charge is 0.357 e. The van der Waals surface area contributed by atoms with E-state index in [0.717, 1.165) is 23.2 Å². The molecule has 0 fully saturated rings. The van der Waals surface area contributed by atoms with Gasteiger partial charge in [0.05, 0.1) is 0 Å². The Morgan fingerprint density at radius 2 is 1.60 bits per heavy atom. The van der Waals surface area contributed by atoms with Crippen LogP contribution in [0.4, 0.5) is 0 Å².